The van der Waals surface area contributed by atoms with Crippen LogP contribution in [0.4, 0.5) is 5.13 Å². The quantitative estimate of drug-likeness (QED) is 0.393. The number of carbonyl (C=O) groups excluding carboxylic acids is 1. The second kappa shape index (κ2) is 8.34. The summed E-state index contributed by atoms with van der Waals surface area (Å²) in [6.07, 6.45) is 2.38. The zero-order chi connectivity index (χ0) is 20.5. The van der Waals surface area contributed by atoms with Crippen molar-refractivity contribution in [2.75, 3.05) is 18.1 Å². The normalized spacial score (nSPS) is 16.4. The number of thiazole rings is 1. The molecule has 6 heteroatoms. The molecule has 1 aromatic heterocycles. The number of hydrogen-bond acceptors (Lipinski definition) is 4. The predicted octanol–water partition coefficient (Wildman–Crippen LogP) is 5.86. The van der Waals surface area contributed by atoms with Crippen LogP contribution >= 0.6 is 22.9 Å². The molecule has 1 aliphatic heterocycles. The highest BCUT2D eigenvalue weighted by Gasteiger charge is 2.26. The van der Waals surface area contributed by atoms with Crippen LogP contribution in [0.2, 0.25) is 5.02 Å². The van der Waals surface area contributed by atoms with Crippen molar-refractivity contribution >= 4 is 55.0 Å². The Balaban J connectivity index is 1.49. The second-order valence-electron chi connectivity index (χ2n) is 7.56. The van der Waals surface area contributed by atoms with Gasteiger partial charge in [-0.1, -0.05) is 65.4 Å². The number of nitrogens with zero attached hydrogens (tertiary/aromatic N) is 2. The molecule has 3 aromatic carbocycles. The van der Waals surface area contributed by atoms with Gasteiger partial charge in [0.05, 0.1) is 29.3 Å². The van der Waals surface area contributed by atoms with Gasteiger partial charge in [0.1, 0.15) is 0 Å². The summed E-state index contributed by atoms with van der Waals surface area (Å²) in [5.41, 5.74) is 1.88. The average Bonchev–Trinajstić information content (AvgIpc) is 3.41. The van der Waals surface area contributed by atoms with Crippen LogP contribution in [0.15, 0.2) is 60.7 Å². The molecule has 1 atom stereocenters. The Bertz CT molecular complexity index is 1210. The molecule has 152 valence electrons. The monoisotopic (exact) mass is 436 g/mol. The Morgan fingerprint density at radius 2 is 2.03 bits per heavy atom. The number of carbonyl (C=O) groups is 1. The molecule has 0 aliphatic carbocycles. The van der Waals surface area contributed by atoms with Crippen molar-refractivity contribution in [2.45, 2.75) is 25.4 Å². The van der Waals surface area contributed by atoms with E-state index < -0.39 is 0 Å². The van der Waals surface area contributed by atoms with Crippen LogP contribution in [0.25, 0.3) is 21.0 Å². The Morgan fingerprint density at radius 3 is 2.90 bits per heavy atom. The molecule has 5 rings (SSSR count). The summed E-state index contributed by atoms with van der Waals surface area (Å²) in [7, 11) is 0. The van der Waals surface area contributed by atoms with Crippen molar-refractivity contribution in [1.29, 1.82) is 0 Å². The van der Waals surface area contributed by atoms with Gasteiger partial charge in [0.25, 0.3) is 0 Å². The van der Waals surface area contributed by atoms with E-state index in [0.717, 1.165) is 46.0 Å². The lowest BCUT2D eigenvalue weighted by Gasteiger charge is -2.23. The molecule has 0 radical (unpaired) electrons. The molecule has 1 fully saturated rings. The van der Waals surface area contributed by atoms with Crippen LogP contribution in [0.3, 0.4) is 0 Å². The van der Waals surface area contributed by atoms with Crippen molar-refractivity contribution in [1.82, 2.24) is 4.98 Å². The number of anilines is 1. The Labute approximate surface area is 184 Å². The molecule has 1 saturated heterocycles. The zero-order valence-corrected chi connectivity index (χ0v) is 18.0. The maximum Gasteiger partial charge on any atom is 0.233 e. The highest BCUT2D eigenvalue weighted by atomic mass is 35.5. The highest BCUT2D eigenvalue weighted by Crippen LogP contribution is 2.32. The maximum atomic E-state index is 13.5. The number of hydrogen-bond donors (Lipinski definition) is 0. The van der Waals surface area contributed by atoms with Gasteiger partial charge in [-0.3, -0.25) is 9.69 Å². The second-order valence-corrected chi connectivity index (χ2v) is 9.01. The first-order chi connectivity index (χ1) is 14.7. The summed E-state index contributed by atoms with van der Waals surface area (Å²) in [5, 5.41) is 3.63. The van der Waals surface area contributed by atoms with E-state index in [1.807, 2.05) is 42.5 Å². The number of ether oxygens (including phenoxy) is 1. The minimum atomic E-state index is 0.0343. The van der Waals surface area contributed by atoms with E-state index >= 15 is 0 Å². The summed E-state index contributed by atoms with van der Waals surface area (Å²) in [4.78, 5) is 20.0. The van der Waals surface area contributed by atoms with Crippen molar-refractivity contribution in [3.63, 3.8) is 0 Å². The molecule has 0 bridgehead atoms. The molecule has 30 heavy (non-hydrogen) atoms. The van der Waals surface area contributed by atoms with E-state index in [9.17, 15) is 4.79 Å². The molecular formula is C24H21ClN2O2S. The summed E-state index contributed by atoms with van der Waals surface area (Å²) < 4.78 is 6.81. The van der Waals surface area contributed by atoms with Crippen LogP contribution < -0.4 is 4.90 Å². The number of aromatic nitrogens is 1. The first-order valence-electron chi connectivity index (χ1n) is 10.1. The molecular weight excluding hydrogens is 416 g/mol. The number of halogens is 1. The molecule has 1 aliphatic rings. The minimum Gasteiger partial charge on any atom is -0.376 e. The smallest absolute Gasteiger partial charge is 0.233 e. The molecule has 2 heterocycles. The van der Waals surface area contributed by atoms with Gasteiger partial charge < -0.3 is 4.74 Å². The van der Waals surface area contributed by atoms with E-state index in [2.05, 4.69) is 18.2 Å². The number of benzene rings is 3. The first-order valence-corrected chi connectivity index (χ1v) is 11.3. The third kappa shape index (κ3) is 3.93. The summed E-state index contributed by atoms with van der Waals surface area (Å²) >= 11 is 7.65. The molecule has 0 saturated carbocycles. The van der Waals surface area contributed by atoms with Crippen molar-refractivity contribution in [2.24, 2.45) is 0 Å². The third-order valence-electron chi connectivity index (χ3n) is 5.50. The fourth-order valence-corrected chi connectivity index (χ4v) is 5.25. The number of rotatable bonds is 5. The van der Waals surface area contributed by atoms with Gasteiger partial charge in [0.2, 0.25) is 5.91 Å². The lowest BCUT2D eigenvalue weighted by Crippen LogP contribution is -2.38. The van der Waals surface area contributed by atoms with Gasteiger partial charge in [0, 0.05) is 11.6 Å². The standard InChI is InChI=1S/C24H21ClN2O2S/c25-18-10-11-21-22(14-18)30-24(26-21)27(15-19-8-4-12-29-19)23(28)13-17-7-3-6-16-5-1-2-9-20(16)17/h1-3,5-7,9-11,14,19H,4,8,12-13,15H2. The topological polar surface area (TPSA) is 42.4 Å². The molecule has 4 nitrogen and oxygen atoms in total. The largest absolute Gasteiger partial charge is 0.376 e. The van der Waals surface area contributed by atoms with Crippen LogP contribution in [0, 0.1) is 0 Å². The van der Waals surface area contributed by atoms with Crippen LogP contribution in [0.5, 0.6) is 0 Å². The van der Waals surface area contributed by atoms with Crippen molar-refractivity contribution < 1.29 is 9.53 Å². The van der Waals surface area contributed by atoms with Gasteiger partial charge >= 0.3 is 0 Å². The minimum absolute atomic E-state index is 0.0343. The first kappa shape index (κ1) is 19.5. The third-order valence-corrected chi connectivity index (χ3v) is 6.78. The van der Waals surface area contributed by atoms with Crippen LogP contribution in [-0.2, 0) is 16.0 Å². The Kier molecular flexibility index (Phi) is 5.42. The van der Waals surface area contributed by atoms with Crippen molar-refractivity contribution in [3.8, 4) is 0 Å². The van der Waals surface area contributed by atoms with Gasteiger partial charge in [-0.2, -0.15) is 0 Å². The fraction of sp³-hybridized carbons (Fsp3) is 0.250. The Hall–Kier alpha value is -2.47. The van der Waals surface area contributed by atoms with E-state index in [0.29, 0.717) is 23.1 Å². The molecule has 0 N–H and O–H groups in total. The average molecular weight is 437 g/mol. The summed E-state index contributed by atoms with van der Waals surface area (Å²) in [6.45, 7) is 1.28. The van der Waals surface area contributed by atoms with Crippen LogP contribution in [0.1, 0.15) is 18.4 Å². The predicted molar refractivity (Wildman–Crippen MR) is 124 cm³/mol. The molecule has 1 unspecified atom stereocenters. The molecule has 0 spiro atoms. The van der Waals surface area contributed by atoms with E-state index in [-0.39, 0.29) is 12.0 Å². The van der Waals surface area contributed by atoms with E-state index in [4.69, 9.17) is 21.3 Å². The molecule has 1 amide bonds. The lowest BCUT2D eigenvalue weighted by molar-refractivity contribution is -0.118. The van der Waals surface area contributed by atoms with Crippen molar-refractivity contribution in [3.05, 3.63) is 71.2 Å². The SMILES string of the molecule is O=C(Cc1cccc2ccccc12)N(CC1CCCO1)c1nc2ccc(Cl)cc2s1. The van der Waals surface area contributed by atoms with Gasteiger partial charge in [-0.15, -0.1) is 0 Å². The zero-order valence-electron chi connectivity index (χ0n) is 16.4. The summed E-state index contributed by atoms with van der Waals surface area (Å²) in [6, 6.07) is 19.9. The number of amides is 1. The highest BCUT2D eigenvalue weighted by molar-refractivity contribution is 7.22. The lowest BCUT2D eigenvalue weighted by atomic mass is 10.0. The number of fused-ring (bicyclic) bond motifs is 2. The van der Waals surface area contributed by atoms with Crippen LogP contribution in [-0.4, -0.2) is 30.1 Å². The van der Waals surface area contributed by atoms with E-state index in [1.54, 1.807) is 4.90 Å². The Morgan fingerprint density at radius 1 is 1.17 bits per heavy atom. The molecule has 4 aromatic rings. The summed E-state index contributed by atoms with van der Waals surface area (Å²) in [5.74, 6) is 0.0343. The van der Waals surface area contributed by atoms with Gasteiger partial charge in [0.15, 0.2) is 5.13 Å². The fourth-order valence-electron chi connectivity index (χ4n) is 3.99. The van der Waals surface area contributed by atoms with Gasteiger partial charge in [-0.25, -0.2) is 4.98 Å². The van der Waals surface area contributed by atoms with E-state index in [1.165, 1.54) is 11.3 Å². The maximum absolute atomic E-state index is 13.5. The van der Waals surface area contributed by atoms with Gasteiger partial charge in [-0.05, 0) is 47.4 Å².